The first-order valence-corrected chi connectivity index (χ1v) is 11.6. The lowest BCUT2D eigenvalue weighted by Crippen LogP contribution is -2.30. The lowest BCUT2D eigenvalue weighted by Gasteiger charge is -2.18. The summed E-state index contributed by atoms with van der Waals surface area (Å²) in [5.41, 5.74) is 2.33. The van der Waals surface area contributed by atoms with Gasteiger partial charge >= 0.3 is 5.69 Å². The van der Waals surface area contributed by atoms with Gasteiger partial charge in [0.2, 0.25) is 5.91 Å². The van der Waals surface area contributed by atoms with E-state index in [-0.39, 0.29) is 36.3 Å². The molecular formula is C19H27N5O5S. The topological polar surface area (TPSA) is 138 Å². The van der Waals surface area contributed by atoms with E-state index in [1.165, 1.54) is 0 Å². The van der Waals surface area contributed by atoms with E-state index in [0.717, 1.165) is 17.0 Å². The number of amides is 1. The van der Waals surface area contributed by atoms with Crippen LogP contribution in [0.4, 0.5) is 0 Å². The first kappa shape index (κ1) is 22.0. The normalized spacial score (nSPS) is 17.9. The van der Waals surface area contributed by atoms with E-state index >= 15 is 0 Å². The molecule has 1 amide bonds. The Morgan fingerprint density at radius 3 is 2.50 bits per heavy atom. The standard InChI is InChI=1S/C19H27N5O5S/c1-11-15(18(26)21-19(27)20-11)5-6-17(25)23(4)9-16-12(2)22-24(13(16)3)14-7-8-30(28,29)10-14/h14H,5-10H2,1-4H3,(H2,20,21,26,27)/t14-/m0/s1. The molecule has 2 N–H and O–H groups in total. The third kappa shape index (κ3) is 4.55. The summed E-state index contributed by atoms with van der Waals surface area (Å²) < 4.78 is 25.4. The van der Waals surface area contributed by atoms with Crippen LogP contribution in [0.25, 0.3) is 0 Å². The summed E-state index contributed by atoms with van der Waals surface area (Å²) in [6.45, 7) is 5.72. The maximum Gasteiger partial charge on any atom is 0.325 e. The van der Waals surface area contributed by atoms with Crippen LogP contribution in [-0.2, 0) is 27.6 Å². The zero-order valence-electron chi connectivity index (χ0n) is 17.6. The molecular weight excluding hydrogens is 410 g/mol. The molecule has 0 aromatic carbocycles. The fraction of sp³-hybridized carbons (Fsp3) is 0.579. The summed E-state index contributed by atoms with van der Waals surface area (Å²) in [5, 5.41) is 4.53. The second-order valence-corrected chi connectivity index (χ2v) is 10.1. The Kier molecular flexibility index (Phi) is 6.02. The first-order chi connectivity index (χ1) is 14.0. The van der Waals surface area contributed by atoms with Crippen molar-refractivity contribution in [3.05, 3.63) is 49.0 Å². The van der Waals surface area contributed by atoms with E-state index < -0.39 is 21.1 Å². The Morgan fingerprint density at radius 2 is 1.90 bits per heavy atom. The van der Waals surface area contributed by atoms with Crippen LogP contribution in [0, 0.1) is 20.8 Å². The minimum absolute atomic E-state index is 0.0935. The summed E-state index contributed by atoms with van der Waals surface area (Å²) in [4.78, 5) is 42.1. The Bertz CT molecular complexity index is 1190. The van der Waals surface area contributed by atoms with Gasteiger partial charge in [0.1, 0.15) is 0 Å². The van der Waals surface area contributed by atoms with Crippen molar-refractivity contribution < 1.29 is 13.2 Å². The van der Waals surface area contributed by atoms with Crippen LogP contribution in [-0.4, -0.2) is 57.5 Å². The van der Waals surface area contributed by atoms with E-state index in [9.17, 15) is 22.8 Å². The maximum atomic E-state index is 12.6. The number of aromatic amines is 2. The van der Waals surface area contributed by atoms with E-state index in [1.54, 1.807) is 23.6 Å². The molecule has 3 heterocycles. The Balaban J connectivity index is 1.69. The van der Waals surface area contributed by atoms with Gasteiger partial charge in [-0.25, -0.2) is 13.2 Å². The summed E-state index contributed by atoms with van der Waals surface area (Å²) in [5.74, 6) is 0.124. The summed E-state index contributed by atoms with van der Waals surface area (Å²) in [6, 6.07) is -0.168. The van der Waals surface area contributed by atoms with Crippen molar-refractivity contribution in [2.45, 2.75) is 52.6 Å². The number of carbonyl (C=O) groups excluding carboxylic acids is 1. The predicted octanol–water partition coefficient (Wildman–Crippen LogP) is 0.136. The summed E-state index contributed by atoms with van der Waals surface area (Å²) >= 11 is 0. The molecule has 164 valence electrons. The minimum Gasteiger partial charge on any atom is -0.341 e. The van der Waals surface area contributed by atoms with Crippen LogP contribution in [0.3, 0.4) is 0 Å². The van der Waals surface area contributed by atoms with E-state index in [1.807, 2.05) is 13.8 Å². The molecule has 3 rings (SSSR count). The lowest BCUT2D eigenvalue weighted by molar-refractivity contribution is -0.130. The number of H-pyrrole nitrogens is 2. The van der Waals surface area contributed by atoms with Gasteiger partial charge in [-0.15, -0.1) is 0 Å². The number of carbonyl (C=O) groups is 1. The number of hydrogen-bond acceptors (Lipinski definition) is 6. The van der Waals surface area contributed by atoms with E-state index in [4.69, 9.17) is 0 Å². The quantitative estimate of drug-likeness (QED) is 0.659. The number of aromatic nitrogens is 4. The van der Waals surface area contributed by atoms with E-state index in [2.05, 4.69) is 15.1 Å². The molecule has 0 spiro atoms. The van der Waals surface area contributed by atoms with Gasteiger partial charge in [-0.1, -0.05) is 0 Å². The third-order valence-electron chi connectivity index (χ3n) is 5.69. The molecule has 30 heavy (non-hydrogen) atoms. The molecule has 1 aliphatic heterocycles. The zero-order valence-corrected chi connectivity index (χ0v) is 18.4. The van der Waals surface area contributed by atoms with Crippen molar-refractivity contribution in [2.75, 3.05) is 18.6 Å². The molecule has 2 aromatic heterocycles. The molecule has 1 saturated heterocycles. The fourth-order valence-electron chi connectivity index (χ4n) is 3.92. The average molecular weight is 438 g/mol. The molecule has 1 atom stereocenters. The number of sulfone groups is 1. The first-order valence-electron chi connectivity index (χ1n) is 9.79. The van der Waals surface area contributed by atoms with Crippen molar-refractivity contribution in [1.82, 2.24) is 24.6 Å². The van der Waals surface area contributed by atoms with Gasteiger partial charge in [-0.05, 0) is 33.6 Å². The molecule has 2 aromatic rings. The third-order valence-corrected chi connectivity index (χ3v) is 7.44. The van der Waals surface area contributed by atoms with Gasteiger partial charge in [-0.3, -0.25) is 19.3 Å². The predicted molar refractivity (Wildman–Crippen MR) is 111 cm³/mol. The monoisotopic (exact) mass is 437 g/mol. The molecule has 0 bridgehead atoms. The van der Waals surface area contributed by atoms with Crippen molar-refractivity contribution in [2.24, 2.45) is 0 Å². The Morgan fingerprint density at radius 1 is 1.20 bits per heavy atom. The lowest BCUT2D eigenvalue weighted by atomic mass is 10.1. The number of nitrogens with one attached hydrogen (secondary N) is 2. The Hall–Kier alpha value is -2.69. The Labute approximate surface area is 174 Å². The van der Waals surface area contributed by atoms with Crippen LogP contribution in [0.15, 0.2) is 9.59 Å². The smallest absolute Gasteiger partial charge is 0.325 e. The average Bonchev–Trinajstić information content (AvgIpc) is 3.13. The highest BCUT2D eigenvalue weighted by molar-refractivity contribution is 7.91. The molecule has 0 unspecified atom stereocenters. The van der Waals surface area contributed by atoms with Crippen molar-refractivity contribution in [1.29, 1.82) is 0 Å². The second kappa shape index (κ2) is 8.21. The highest BCUT2D eigenvalue weighted by Crippen LogP contribution is 2.27. The minimum atomic E-state index is -3.02. The highest BCUT2D eigenvalue weighted by atomic mass is 32.2. The van der Waals surface area contributed by atoms with Gasteiger partial charge in [0.05, 0.1) is 23.2 Å². The van der Waals surface area contributed by atoms with Crippen LogP contribution in [0.5, 0.6) is 0 Å². The molecule has 11 heteroatoms. The molecule has 10 nitrogen and oxygen atoms in total. The van der Waals surface area contributed by atoms with Gasteiger partial charge in [0, 0.05) is 42.5 Å². The largest absolute Gasteiger partial charge is 0.341 e. The summed E-state index contributed by atoms with van der Waals surface area (Å²) in [7, 11) is -1.34. The van der Waals surface area contributed by atoms with Gasteiger partial charge in [0.25, 0.3) is 5.56 Å². The summed E-state index contributed by atoms with van der Waals surface area (Å²) in [6.07, 6.45) is 0.892. The molecule has 1 fully saturated rings. The van der Waals surface area contributed by atoms with Gasteiger partial charge in [0.15, 0.2) is 9.84 Å². The molecule has 0 aliphatic carbocycles. The highest BCUT2D eigenvalue weighted by Gasteiger charge is 2.31. The van der Waals surface area contributed by atoms with Gasteiger partial charge < -0.3 is 9.88 Å². The van der Waals surface area contributed by atoms with Gasteiger partial charge in [-0.2, -0.15) is 5.10 Å². The van der Waals surface area contributed by atoms with Crippen LogP contribution in [0.1, 0.15) is 47.1 Å². The number of nitrogens with zero attached hydrogens (tertiary/aromatic N) is 3. The zero-order chi connectivity index (χ0) is 22.2. The van der Waals surface area contributed by atoms with E-state index in [0.29, 0.717) is 24.2 Å². The number of hydrogen-bond donors (Lipinski definition) is 2. The van der Waals surface area contributed by atoms with Crippen molar-refractivity contribution in [3.8, 4) is 0 Å². The molecule has 0 saturated carbocycles. The maximum absolute atomic E-state index is 12.6. The SMILES string of the molecule is Cc1nn([C@H]2CCS(=O)(=O)C2)c(C)c1CN(C)C(=O)CCc1c(C)[nH]c(=O)[nH]c1=O. The van der Waals surface area contributed by atoms with Crippen molar-refractivity contribution in [3.63, 3.8) is 0 Å². The number of rotatable bonds is 6. The second-order valence-electron chi connectivity index (χ2n) is 7.91. The fourth-order valence-corrected chi connectivity index (χ4v) is 5.62. The van der Waals surface area contributed by atoms with Crippen LogP contribution in [0.2, 0.25) is 0 Å². The molecule has 1 aliphatic rings. The molecule has 0 radical (unpaired) electrons. The number of aryl methyl sites for hydroxylation is 2. The van der Waals surface area contributed by atoms with Crippen LogP contribution < -0.4 is 11.2 Å². The van der Waals surface area contributed by atoms with Crippen LogP contribution >= 0.6 is 0 Å². The van der Waals surface area contributed by atoms with Crippen molar-refractivity contribution >= 4 is 15.7 Å².